The molecule has 0 aliphatic carbocycles. The van der Waals surface area contributed by atoms with Gasteiger partial charge in [-0.3, -0.25) is 9.80 Å². The van der Waals surface area contributed by atoms with Crippen LogP contribution in [0.25, 0.3) is 0 Å². The third-order valence-electron chi connectivity index (χ3n) is 6.51. The maximum Gasteiger partial charge on any atom is 0.433 e. The van der Waals surface area contributed by atoms with E-state index in [0.717, 1.165) is 38.8 Å². The minimum Gasteiger partial charge on any atom is -0.390 e. The Labute approximate surface area is 203 Å². The molecule has 34 heavy (non-hydrogen) atoms. The number of aliphatic hydroxyl groups excluding tert-OH is 1. The van der Waals surface area contributed by atoms with Crippen LogP contribution < -0.4 is 4.90 Å². The number of rotatable bonds is 4. The normalized spacial score (nSPS) is 23.0. The molecular weight excluding hydrogens is 467 g/mol. The van der Waals surface area contributed by atoms with Gasteiger partial charge in [0, 0.05) is 56.3 Å². The highest BCUT2D eigenvalue weighted by molar-refractivity contribution is 6.30. The van der Waals surface area contributed by atoms with Crippen molar-refractivity contribution >= 4 is 17.5 Å². The van der Waals surface area contributed by atoms with Crippen LogP contribution in [0.5, 0.6) is 0 Å². The zero-order valence-corrected chi connectivity index (χ0v) is 20.4. The van der Waals surface area contributed by atoms with Crippen LogP contribution in [0.3, 0.4) is 0 Å². The monoisotopic (exact) mass is 497 g/mol. The molecule has 2 unspecified atom stereocenters. The highest BCUT2D eigenvalue weighted by atomic mass is 35.5. The topological polar surface area (TPSA) is 55.7 Å². The second-order valence-corrected chi connectivity index (χ2v) is 10.6. The number of piperazine rings is 1. The van der Waals surface area contributed by atoms with Gasteiger partial charge >= 0.3 is 6.18 Å². The van der Waals surface area contributed by atoms with E-state index in [1.54, 1.807) is 4.90 Å². The van der Waals surface area contributed by atoms with Gasteiger partial charge in [-0.1, -0.05) is 44.5 Å². The predicted molar refractivity (Wildman–Crippen MR) is 126 cm³/mol. The number of hydrogen-bond donors (Lipinski definition) is 1. The Morgan fingerprint density at radius 3 is 2.18 bits per heavy atom. The molecule has 0 bridgehead atoms. The van der Waals surface area contributed by atoms with E-state index < -0.39 is 23.4 Å². The lowest BCUT2D eigenvalue weighted by molar-refractivity contribution is -0.141. The Morgan fingerprint density at radius 1 is 0.971 bits per heavy atom. The second kappa shape index (κ2) is 9.60. The smallest absolute Gasteiger partial charge is 0.390 e. The van der Waals surface area contributed by atoms with Crippen molar-refractivity contribution in [2.45, 2.75) is 51.1 Å². The van der Waals surface area contributed by atoms with Gasteiger partial charge in [0.1, 0.15) is 5.69 Å². The third-order valence-corrected chi connectivity index (χ3v) is 6.76. The van der Waals surface area contributed by atoms with Crippen molar-refractivity contribution in [3.05, 3.63) is 52.3 Å². The number of anilines is 1. The molecule has 2 aliphatic heterocycles. The summed E-state index contributed by atoms with van der Waals surface area (Å²) in [7, 11) is 0. The van der Waals surface area contributed by atoms with Gasteiger partial charge in [-0.2, -0.15) is 13.2 Å². The number of aliphatic hydroxyl groups is 1. The average Bonchev–Trinajstić information content (AvgIpc) is 3.16. The highest BCUT2D eigenvalue weighted by Gasteiger charge is 2.40. The van der Waals surface area contributed by atoms with E-state index >= 15 is 0 Å². The molecule has 1 aromatic heterocycles. The first kappa shape index (κ1) is 25.2. The van der Waals surface area contributed by atoms with Crippen LogP contribution in [0.2, 0.25) is 5.02 Å². The fourth-order valence-electron chi connectivity index (χ4n) is 4.50. The lowest BCUT2D eigenvalue weighted by Gasteiger charge is -2.38. The van der Waals surface area contributed by atoms with Crippen molar-refractivity contribution < 1.29 is 18.3 Å². The number of aromatic nitrogens is 2. The van der Waals surface area contributed by atoms with Crippen molar-refractivity contribution in [1.82, 2.24) is 19.8 Å². The number of hydrogen-bond acceptors (Lipinski definition) is 6. The van der Waals surface area contributed by atoms with E-state index in [9.17, 15) is 18.3 Å². The molecule has 0 radical (unpaired) electrons. The molecule has 1 aromatic carbocycles. The molecule has 4 rings (SSSR count). The molecule has 2 saturated heterocycles. The molecule has 6 nitrogen and oxygen atoms in total. The number of halogens is 4. The van der Waals surface area contributed by atoms with E-state index in [-0.39, 0.29) is 18.5 Å². The van der Waals surface area contributed by atoms with Gasteiger partial charge in [0.05, 0.1) is 17.8 Å². The van der Waals surface area contributed by atoms with Gasteiger partial charge < -0.3 is 10.0 Å². The van der Waals surface area contributed by atoms with Crippen LogP contribution in [0.4, 0.5) is 19.1 Å². The molecule has 1 N–H and O–H groups in total. The molecule has 10 heteroatoms. The maximum absolute atomic E-state index is 13.5. The Bertz CT molecular complexity index is 955. The Hall–Kier alpha value is -1.94. The quantitative estimate of drug-likeness (QED) is 0.693. The fraction of sp³-hybridized carbons (Fsp3) is 0.583. The molecular formula is C24H31ClF3N5O. The first-order chi connectivity index (χ1) is 15.9. The zero-order chi connectivity index (χ0) is 24.7. The molecule has 3 heterocycles. The standard InChI is InChI=1S/C24H31ClF3N5O/c1-23(2,3)20-12-21(24(26,27)28)30-22(29-20)33-14-18(19(34)15-33)32-10-8-31(9-11-32)13-16-4-6-17(25)7-5-16/h4-7,12,18-19,34H,8-11,13-15H2,1-3H3. The van der Waals surface area contributed by atoms with Crippen LogP contribution in [0, 0.1) is 0 Å². The van der Waals surface area contributed by atoms with E-state index in [1.807, 2.05) is 45.0 Å². The molecule has 186 valence electrons. The Morgan fingerprint density at radius 2 is 1.59 bits per heavy atom. The summed E-state index contributed by atoms with van der Waals surface area (Å²) >= 11 is 5.97. The van der Waals surface area contributed by atoms with Crippen LogP contribution in [-0.4, -0.2) is 76.3 Å². The van der Waals surface area contributed by atoms with Crippen LogP contribution in [0.15, 0.2) is 30.3 Å². The zero-order valence-electron chi connectivity index (χ0n) is 19.7. The van der Waals surface area contributed by atoms with Crippen LogP contribution in [0.1, 0.15) is 37.7 Å². The van der Waals surface area contributed by atoms with Crippen molar-refractivity contribution in [2.24, 2.45) is 0 Å². The van der Waals surface area contributed by atoms with Crippen molar-refractivity contribution in [3.63, 3.8) is 0 Å². The summed E-state index contributed by atoms with van der Waals surface area (Å²) in [6.07, 6.45) is -5.24. The first-order valence-corrected chi connectivity index (χ1v) is 11.9. The second-order valence-electron chi connectivity index (χ2n) is 10.2. The van der Waals surface area contributed by atoms with Crippen LogP contribution >= 0.6 is 11.6 Å². The Kier molecular flexibility index (Phi) is 7.11. The molecule has 2 fully saturated rings. The van der Waals surface area contributed by atoms with E-state index in [1.165, 1.54) is 5.56 Å². The van der Waals surface area contributed by atoms with Gasteiger partial charge in [0.25, 0.3) is 0 Å². The lowest BCUT2D eigenvalue weighted by atomic mass is 9.91. The van der Waals surface area contributed by atoms with Gasteiger partial charge in [0.15, 0.2) is 0 Å². The average molecular weight is 498 g/mol. The summed E-state index contributed by atoms with van der Waals surface area (Å²) in [5.41, 5.74) is 0.0200. The maximum atomic E-state index is 13.5. The summed E-state index contributed by atoms with van der Waals surface area (Å²) in [5.74, 6) is 0.0303. The molecule has 0 amide bonds. The molecule has 2 aliphatic rings. The summed E-state index contributed by atoms with van der Waals surface area (Å²) in [5, 5.41) is 11.5. The molecule has 0 saturated carbocycles. The Balaban J connectivity index is 1.42. The minimum atomic E-state index is -4.56. The third kappa shape index (κ3) is 5.82. The lowest BCUT2D eigenvalue weighted by Crippen LogP contribution is -2.53. The molecule has 0 spiro atoms. The van der Waals surface area contributed by atoms with Crippen LogP contribution in [-0.2, 0) is 18.1 Å². The summed E-state index contributed by atoms with van der Waals surface area (Å²) < 4.78 is 40.5. The summed E-state index contributed by atoms with van der Waals surface area (Å²) in [6.45, 7) is 10.2. The fourth-order valence-corrected chi connectivity index (χ4v) is 4.62. The number of benzene rings is 1. The predicted octanol–water partition coefficient (Wildman–Crippen LogP) is 3.81. The number of nitrogens with zero attached hydrogens (tertiary/aromatic N) is 5. The van der Waals surface area contributed by atoms with Gasteiger partial charge in [-0.05, 0) is 23.8 Å². The van der Waals surface area contributed by atoms with E-state index in [4.69, 9.17) is 11.6 Å². The summed E-state index contributed by atoms with van der Waals surface area (Å²) in [4.78, 5) is 14.5. The van der Waals surface area contributed by atoms with Gasteiger partial charge in [-0.25, -0.2) is 9.97 Å². The summed E-state index contributed by atoms with van der Waals surface area (Å²) in [6, 6.07) is 8.67. The van der Waals surface area contributed by atoms with Crippen molar-refractivity contribution in [3.8, 4) is 0 Å². The van der Waals surface area contributed by atoms with Gasteiger partial charge in [-0.15, -0.1) is 0 Å². The highest BCUT2D eigenvalue weighted by Crippen LogP contribution is 2.33. The minimum absolute atomic E-state index is 0.0303. The largest absolute Gasteiger partial charge is 0.433 e. The number of alkyl halides is 3. The van der Waals surface area contributed by atoms with Crippen molar-refractivity contribution in [1.29, 1.82) is 0 Å². The van der Waals surface area contributed by atoms with Crippen molar-refractivity contribution in [2.75, 3.05) is 44.2 Å². The molecule has 2 aromatic rings. The first-order valence-electron chi connectivity index (χ1n) is 11.5. The van der Waals surface area contributed by atoms with E-state index in [2.05, 4.69) is 19.8 Å². The SMILES string of the molecule is CC(C)(C)c1cc(C(F)(F)F)nc(N2CC(O)C(N3CCN(Cc4ccc(Cl)cc4)CC3)C2)n1. The van der Waals surface area contributed by atoms with Gasteiger partial charge in [0.2, 0.25) is 5.95 Å². The molecule has 2 atom stereocenters. The number of β-amino-alcohol motifs (C(OH)–C–C–N with tert-alkyl or cyclic N) is 1. The van der Waals surface area contributed by atoms with E-state index in [0.29, 0.717) is 17.3 Å².